The Kier molecular flexibility index (Phi) is 6.00. The lowest BCUT2D eigenvalue weighted by molar-refractivity contribution is -0.141. The van der Waals surface area contributed by atoms with Crippen molar-refractivity contribution in [3.05, 3.63) is 90.1 Å². The van der Waals surface area contributed by atoms with E-state index in [2.05, 4.69) is 5.10 Å². The normalized spacial score (nSPS) is 12.7. The molecule has 4 aromatic rings. The molecule has 0 aliphatic carbocycles. The van der Waals surface area contributed by atoms with E-state index in [0.717, 1.165) is 30.5 Å². The van der Waals surface area contributed by atoms with Crippen LogP contribution in [0.5, 0.6) is 0 Å². The van der Waals surface area contributed by atoms with E-state index >= 15 is 0 Å². The molecule has 0 saturated heterocycles. The second-order valence-corrected chi connectivity index (χ2v) is 9.67. The third kappa shape index (κ3) is 4.95. The van der Waals surface area contributed by atoms with Crippen LogP contribution in [0.4, 0.5) is 26.3 Å². The Morgan fingerprint density at radius 1 is 0.743 bits per heavy atom. The number of alkyl halides is 6. The van der Waals surface area contributed by atoms with Crippen LogP contribution in [0.2, 0.25) is 0 Å². The van der Waals surface area contributed by atoms with Gasteiger partial charge in [0.15, 0.2) is 15.5 Å². The van der Waals surface area contributed by atoms with Gasteiger partial charge in [-0.1, -0.05) is 54.6 Å². The zero-order valence-electron chi connectivity index (χ0n) is 17.9. The topological polar surface area (TPSA) is 52.0 Å². The van der Waals surface area contributed by atoms with Crippen LogP contribution in [0.1, 0.15) is 11.3 Å². The molecule has 0 N–H and O–H groups in total. The molecule has 0 spiro atoms. The Morgan fingerprint density at radius 2 is 1.37 bits per heavy atom. The van der Waals surface area contributed by atoms with Crippen molar-refractivity contribution in [3.8, 4) is 28.1 Å². The fourth-order valence-electron chi connectivity index (χ4n) is 3.67. The van der Waals surface area contributed by atoms with Crippen LogP contribution in [-0.4, -0.2) is 24.5 Å². The molecule has 35 heavy (non-hydrogen) atoms. The highest BCUT2D eigenvalue weighted by atomic mass is 32.2. The van der Waals surface area contributed by atoms with E-state index in [1.807, 2.05) is 0 Å². The molecule has 1 heterocycles. The molecule has 0 atom stereocenters. The molecule has 0 bridgehead atoms. The maximum atomic E-state index is 13.6. The molecule has 182 valence electrons. The Labute approximate surface area is 196 Å². The lowest BCUT2D eigenvalue weighted by Gasteiger charge is -2.15. The summed E-state index contributed by atoms with van der Waals surface area (Å²) in [6.45, 7) is 0. The zero-order valence-corrected chi connectivity index (χ0v) is 18.7. The molecule has 4 nitrogen and oxygen atoms in total. The summed E-state index contributed by atoms with van der Waals surface area (Å²) in [6.07, 6.45) is -8.86. The van der Waals surface area contributed by atoms with Crippen molar-refractivity contribution in [2.45, 2.75) is 17.2 Å². The number of nitrogens with zero attached hydrogens (tertiary/aromatic N) is 2. The van der Waals surface area contributed by atoms with Crippen LogP contribution in [0.25, 0.3) is 28.1 Å². The van der Waals surface area contributed by atoms with Crippen molar-refractivity contribution in [1.29, 1.82) is 0 Å². The largest absolute Gasteiger partial charge is 0.435 e. The van der Waals surface area contributed by atoms with Gasteiger partial charge >= 0.3 is 12.4 Å². The van der Waals surface area contributed by atoms with E-state index < -0.39 is 44.7 Å². The van der Waals surface area contributed by atoms with Gasteiger partial charge in [-0.05, 0) is 29.8 Å². The summed E-state index contributed by atoms with van der Waals surface area (Å²) in [6, 6.07) is 16.9. The van der Waals surface area contributed by atoms with Gasteiger partial charge in [0.2, 0.25) is 0 Å². The SMILES string of the molecule is CS(=O)(=O)c1cc(-n2nc(C(F)(F)F)cc2-c2ccccc2C(F)(F)F)ccc1-c1ccccc1. The smallest absolute Gasteiger partial charge is 0.232 e. The van der Waals surface area contributed by atoms with E-state index in [0.29, 0.717) is 16.3 Å². The Hall–Kier alpha value is -3.60. The van der Waals surface area contributed by atoms with Crippen molar-refractivity contribution in [3.63, 3.8) is 0 Å². The summed E-state index contributed by atoms with van der Waals surface area (Å²) in [7, 11) is -3.89. The van der Waals surface area contributed by atoms with Crippen LogP contribution < -0.4 is 0 Å². The fraction of sp³-hybridized carbons (Fsp3) is 0.125. The Balaban J connectivity index is 2.01. The van der Waals surface area contributed by atoms with Crippen molar-refractivity contribution in [1.82, 2.24) is 9.78 Å². The number of halogens is 6. The van der Waals surface area contributed by atoms with Crippen molar-refractivity contribution in [2.24, 2.45) is 0 Å². The quantitative estimate of drug-likeness (QED) is 0.289. The predicted molar refractivity (Wildman–Crippen MR) is 118 cm³/mol. The minimum atomic E-state index is -4.95. The van der Waals surface area contributed by atoms with E-state index in [-0.39, 0.29) is 16.1 Å². The van der Waals surface area contributed by atoms with Gasteiger partial charge in [0, 0.05) is 17.4 Å². The highest BCUT2D eigenvalue weighted by Gasteiger charge is 2.38. The zero-order chi connectivity index (χ0) is 25.6. The summed E-state index contributed by atoms with van der Waals surface area (Å²) in [5.41, 5.74) is -2.91. The predicted octanol–water partition coefficient (Wildman–Crippen LogP) is 6.65. The lowest BCUT2D eigenvalue weighted by Crippen LogP contribution is -2.10. The number of rotatable bonds is 4. The van der Waals surface area contributed by atoms with Crippen LogP contribution in [0, 0.1) is 0 Å². The second kappa shape index (κ2) is 8.56. The molecular weight excluding hydrogens is 494 g/mol. The number of hydrogen-bond donors (Lipinski definition) is 0. The number of benzene rings is 3. The van der Waals surface area contributed by atoms with Gasteiger partial charge in [0.25, 0.3) is 0 Å². The molecule has 1 aromatic heterocycles. The van der Waals surface area contributed by atoms with Gasteiger partial charge in [0.05, 0.1) is 21.8 Å². The molecule has 0 saturated carbocycles. The lowest BCUT2D eigenvalue weighted by atomic mass is 10.0. The molecule has 0 radical (unpaired) electrons. The van der Waals surface area contributed by atoms with Crippen LogP contribution in [0.3, 0.4) is 0 Å². The number of hydrogen-bond acceptors (Lipinski definition) is 3. The molecule has 0 unspecified atom stereocenters. The maximum absolute atomic E-state index is 13.6. The first-order valence-electron chi connectivity index (χ1n) is 10.0. The van der Waals surface area contributed by atoms with Gasteiger partial charge in [-0.2, -0.15) is 31.4 Å². The average Bonchev–Trinajstić information content (AvgIpc) is 3.24. The molecule has 0 aliphatic heterocycles. The first-order valence-corrected chi connectivity index (χ1v) is 11.9. The summed E-state index contributed by atoms with van der Waals surface area (Å²) in [4.78, 5) is -0.208. The van der Waals surface area contributed by atoms with E-state index in [1.54, 1.807) is 30.3 Å². The summed E-state index contributed by atoms with van der Waals surface area (Å²) < 4.78 is 107. The van der Waals surface area contributed by atoms with Crippen LogP contribution >= 0.6 is 0 Å². The number of sulfone groups is 1. The van der Waals surface area contributed by atoms with E-state index in [4.69, 9.17) is 0 Å². The first kappa shape index (κ1) is 24.5. The maximum Gasteiger partial charge on any atom is 0.435 e. The highest BCUT2D eigenvalue weighted by molar-refractivity contribution is 7.90. The Morgan fingerprint density at radius 3 is 1.97 bits per heavy atom. The fourth-order valence-corrected chi connectivity index (χ4v) is 4.59. The van der Waals surface area contributed by atoms with E-state index in [1.165, 1.54) is 18.2 Å². The van der Waals surface area contributed by atoms with Gasteiger partial charge < -0.3 is 0 Å². The van der Waals surface area contributed by atoms with Crippen molar-refractivity contribution in [2.75, 3.05) is 6.26 Å². The number of aromatic nitrogens is 2. The summed E-state index contributed by atoms with van der Waals surface area (Å²) >= 11 is 0. The van der Waals surface area contributed by atoms with Crippen molar-refractivity contribution >= 4 is 9.84 Å². The van der Waals surface area contributed by atoms with Gasteiger partial charge in [-0.15, -0.1) is 0 Å². The van der Waals surface area contributed by atoms with Crippen LogP contribution in [-0.2, 0) is 22.2 Å². The van der Waals surface area contributed by atoms with E-state index in [9.17, 15) is 34.8 Å². The Bertz CT molecular complexity index is 1490. The first-order chi connectivity index (χ1) is 16.3. The molecule has 11 heteroatoms. The van der Waals surface area contributed by atoms with Crippen LogP contribution in [0.15, 0.2) is 83.8 Å². The average molecular weight is 510 g/mol. The van der Waals surface area contributed by atoms with Crippen molar-refractivity contribution < 1.29 is 34.8 Å². The summed E-state index contributed by atoms with van der Waals surface area (Å²) in [5.74, 6) is 0. The molecule has 0 amide bonds. The minimum absolute atomic E-state index is 0.146. The molecule has 4 rings (SSSR count). The van der Waals surface area contributed by atoms with Gasteiger partial charge in [-0.25, -0.2) is 13.1 Å². The third-order valence-corrected chi connectivity index (χ3v) is 6.34. The molecular formula is C24H16F6N2O2S. The standard InChI is InChI=1S/C24H16F6N2O2S/c1-35(33,34)21-13-16(11-12-17(21)15-7-3-2-4-8-15)32-20(14-22(31-32)24(28,29)30)18-9-5-6-10-19(18)23(25,26)27/h2-14H,1H3. The summed E-state index contributed by atoms with van der Waals surface area (Å²) in [5, 5.41) is 3.51. The molecule has 3 aromatic carbocycles. The second-order valence-electron chi connectivity index (χ2n) is 7.69. The highest BCUT2D eigenvalue weighted by Crippen LogP contribution is 2.40. The molecule has 0 aliphatic rings. The van der Waals surface area contributed by atoms with Gasteiger partial charge in [-0.3, -0.25) is 0 Å². The third-order valence-electron chi connectivity index (χ3n) is 5.20. The monoisotopic (exact) mass is 510 g/mol. The van der Waals surface area contributed by atoms with Gasteiger partial charge in [0.1, 0.15) is 0 Å². The molecule has 0 fully saturated rings. The minimum Gasteiger partial charge on any atom is -0.232 e.